The van der Waals surface area contributed by atoms with Crippen LogP contribution in [0.3, 0.4) is 0 Å². The Balaban J connectivity index is 1.25. The molecule has 1 aromatic carbocycles. The Bertz CT molecular complexity index is 855. The number of nitrogens with zero attached hydrogens (tertiary/aromatic N) is 4. The summed E-state index contributed by atoms with van der Waals surface area (Å²) in [6, 6.07) is 11.2. The standard InChI is InChI=1S/C24H31N5O2/c30-23(28-12-3-1-2-4-13-28)21-7-9-22(10-8-21)26-24(31)29-16-14-27(15-17-29)19-20-6-5-11-25-18-20/h5-11,18H,1-4,12-17,19H2,(H,26,31). The van der Waals surface area contributed by atoms with Crippen molar-refractivity contribution in [2.45, 2.75) is 32.2 Å². The molecule has 2 fully saturated rings. The third kappa shape index (κ3) is 5.82. The van der Waals surface area contributed by atoms with Crippen molar-refractivity contribution in [1.29, 1.82) is 0 Å². The Morgan fingerprint density at radius 1 is 0.839 bits per heavy atom. The summed E-state index contributed by atoms with van der Waals surface area (Å²) >= 11 is 0. The van der Waals surface area contributed by atoms with Crippen LogP contribution in [0.15, 0.2) is 48.8 Å². The van der Waals surface area contributed by atoms with Crippen molar-refractivity contribution in [1.82, 2.24) is 19.7 Å². The Labute approximate surface area is 184 Å². The molecule has 0 radical (unpaired) electrons. The van der Waals surface area contributed by atoms with Gasteiger partial charge >= 0.3 is 6.03 Å². The highest BCUT2D eigenvalue weighted by molar-refractivity contribution is 5.95. The first kappa shape index (κ1) is 21.3. The lowest BCUT2D eigenvalue weighted by Gasteiger charge is -2.34. The van der Waals surface area contributed by atoms with Gasteiger partial charge < -0.3 is 15.1 Å². The van der Waals surface area contributed by atoms with Crippen LogP contribution in [0.1, 0.15) is 41.6 Å². The van der Waals surface area contributed by atoms with Gasteiger partial charge in [-0.2, -0.15) is 0 Å². The van der Waals surface area contributed by atoms with Gasteiger partial charge in [-0.1, -0.05) is 18.9 Å². The maximum Gasteiger partial charge on any atom is 0.321 e. The van der Waals surface area contributed by atoms with Gasteiger partial charge in [0.2, 0.25) is 0 Å². The summed E-state index contributed by atoms with van der Waals surface area (Å²) in [5.74, 6) is 0.0875. The number of nitrogens with one attached hydrogen (secondary N) is 1. The number of amides is 3. The minimum Gasteiger partial charge on any atom is -0.339 e. The Hall–Kier alpha value is -2.93. The number of aromatic nitrogens is 1. The summed E-state index contributed by atoms with van der Waals surface area (Å²) in [5, 5.41) is 2.97. The van der Waals surface area contributed by atoms with Gasteiger partial charge in [0.1, 0.15) is 0 Å². The molecule has 0 atom stereocenters. The molecule has 1 aromatic heterocycles. The third-order valence-electron chi connectivity index (χ3n) is 6.06. The highest BCUT2D eigenvalue weighted by Crippen LogP contribution is 2.16. The molecule has 2 aliphatic rings. The molecular weight excluding hydrogens is 390 g/mol. The summed E-state index contributed by atoms with van der Waals surface area (Å²) in [6.07, 6.45) is 8.23. The van der Waals surface area contributed by atoms with Crippen LogP contribution in [0, 0.1) is 0 Å². The van der Waals surface area contributed by atoms with Gasteiger partial charge in [0, 0.05) is 69.5 Å². The molecule has 0 spiro atoms. The van der Waals surface area contributed by atoms with Gasteiger partial charge in [0.05, 0.1) is 0 Å². The van der Waals surface area contributed by atoms with Crippen molar-refractivity contribution in [2.24, 2.45) is 0 Å². The maximum absolute atomic E-state index is 12.7. The number of anilines is 1. The number of piperazine rings is 1. The monoisotopic (exact) mass is 421 g/mol. The maximum atomic E-state index is 12.7. The van der Waals surface area contributed by atoms with Crippen molar-refractivity contribution in [3.63, 3.8) is 0 Å². The molecular formula is C24H31N5O2. The second kappa shape index (κ2) is 10.4. The fraction of sp³-hybridized carbons (Fsp3) is 0.458. The lowest BCUT2D eigenvalue weighted by atomic mass is 10.1. The van der Waals surface area contributed by atoms with E-state index in [4.69, 9.17) is 0 Å². The SMILES string of the molecule is O=C(Nc1ccc(C(=O)N2CCCCCC2)cc1)N1CCN(Cc2cccnc2)CC1. The van der Waals surface area contributed by atoms with E-state index in [0.717, 1.165) is 51.3 Å². The molecule has 164 valence electrons. The van der Waals surface area contributed by atoms with Gasteiger partial charge in [0.25, 0.3) is 5.91 Å². The second-order valence-electron chi connectivity index (χ2n) is 8.34. The van der Waals surface area contributed by atoms with Crippen molar-refractivity contribution in [3.8, 4) is 0 Å². The number of benzene rings is 1. The summed E-state index contributed by atoms with van der Waals surface area (Å²) < 4.78 is 0. The quantitative estimate of drug-likeness (QED) is 0.821. The molecule has 7 heteroatoms. The lowest BCUT2D eigenvalue weighted by Crippen LogP contribution is -2.49. The average molecular weight is 422 g/mol. The molecule has 0 unspecified atom stereocenters. The predicted molar refractivity (Wildman–Crippen MR) is 121 cm³/mol. The molecule has 2 saturated heterocycles. The first-order valence-corrected chi connectivity index (χ1v) is 11.3. The zero-order valence-corrected chi connectivity index (χ0v) is 18.0. The Kier molecular flexibility index (Phi) is 7.14. The van der Waals surface area contributed by atoms with E-state index in [1.807, 2.05) is 46.3 Å². The fourth-order valence-electron chi connectivity index (χ4n) is 4.21. The Morgan fingerprint density at radius 3 is 2.19 bits per heavy atom. The molecule has 3 amide bonds. The van der Waals surface area contributed by atoms with Crippen LogP contribution >= 0.6 is 0 Å². The number of hydrogen-bond acceptors (Lipinski definition) is 4. The van der Waals surface area contributed by atoms with Gasteiger partial charge in [-0.15, -0.1) is 0 Å². The van der Waals surface area contributed by atoms with Gasteiger partial charge in [0.15, 0.2) is 0 Å². The van der Waals surface area contributed by atoms with E-state index in [-0.39, 0.29) is 11.9 Å². The molecule has 7 nitrogen and oxygen atoms in total. The number of urea groups is 1. The topological polar surface area (TPSA) is 68.8 Å². The lowest BCUT2D eigenvalue weighted by molar-refractivity contribution is 0.0761. The molecule has 31 heavy (non-hydrogen) atoms. The highest BCUT2D eigenvalue weighted by atomic mass is 16.2. The number of hydrogen-bond donors (Lipinski definition) is 1. The van der Waals surface area contributed by atoms with E-state index in [1.165, 1.54) is 18.4 Å². The third-order valence-corrected chi connectivity index (χ3v) is 6.06. The number of carbonyl (C=O) groups is 2. The van der Waals surface area contributed by atoms with Crippen molar-refractivity contribution in [2.75, 3.05) is 44.6 Å². The van der Waals surface area contributed by atoms with E-state index < -0.39 is 0 Å². The van der Waals surface area contributed by atoms with Crippen LogP contribution in [0.4, 0.5) is 10.5 Å². The van der Waals surface area contributed by atoms with Crippen LogP contribution in [0.25, 0.3) is 0 Å². The van der Waals surface area contributed by atoms with E-state index in [9.17, 15) is 9.59 Å². The minimum absolute atomic E-state index is 0.0875. The van der Waals surface area contributed by atoms with Gasteiger partial charge in [-0.25, -0.2) is 4.79 Å². The van der Waals surface area contributed by atoms with Crippen LogP contribution in [-0.2, 0) is 6.54 Å². The molecule has 3 heterocycles. The highest BCUT2D eigenvalue weighted by Gasteiger charge is 2.22. The van der Waals surface area contributed by atoms with E-state index in [2.05, 4.69) is 21.3 Å². The number of likely N-dealkylation sites (tertiary alicyclic amines) is 1. The average Bonchev–Trinajstić information content (AvgIpc) is 3.10. The Morgan fingerprint density at radius 2 is 1.55 bits per heavy atom. The van der Waals surface area contributed by atoms with Crippen molar-refractivity contribution < 1.29 is 9.59 Å². The zero-order chi connectivity index (χ0) is 21.5. The summed E-state index contributed by atoms with van der Waals surface area (Å²) in [4.78, 5) is 35.7. The normalized spacial score (nSPS) is 17.8. The minimum atomic E-state index is -0.0902. The smallest absolute Gasteiger partial charge is 0.321 e. The largest absolute Gasteiger partial charge is 0.339 e. The molecule has 0 aliphatic carbocycles. The fourth-order valence-corrected chi connectivity index (χ4v) is 4.21. The molecule has 0 bridgehead atoms. The molecule has 2 aromatic rings. The summed E-state index contributed by atoms with van der Waals surface area (Å²) in [5.41, 5.74) is 2.59. The first-order valence-electron chi connectivity index (χ1n) is 11.3. The van der Waals surface area contributed by atoms with E-state index in [1.54, 1.807) is 6.20 Å². The van der Waals surface area contributed by atoms with Crippen LogP contribution in [0.2, 0.25) is 0 Å². The van der Waals surface area contributed by atoms with Crippen LogP contribution in [-0.4, -0.2) is 70.9 Å². The first-order chi connectivity index (χ1) is 15.2. The van der Waals surface area contributed by atoms with Crippen molar-refractivity contribution in [3.05, 3.63) is 59.9 Å². The second-order valence-corrected chi connectivity index (χ2v) is 8.34. The number of carbonyl (C=O) groups excluding carboxylic acids is 2. The molecule has 4 rings (SSSR count). The number of pyridine rings is 1. The molecule has 2 aliphatic heterocycles. The molecule has 0 saturated carbocycles. The van der Waals surface area contributed by atoms with Crippen LogP contribution < -0.4 is 5.32 Å². The zero-order valence-electron chi connectivity index (χ0n) is 18.0. The van der Waals surface area contributed by atoms with Crippen LogP contribution in [0.5, 0.6) is 0 Å². The van der Waals surface area contributed by atoms with E-state index in [0.29, 0.717) is 18.7 Å². The van der Waals surface area contributed by atoms with Crippen molar-refractivity contribution >= 4 is 17.6 Å². The molecule has 1 N–H and O–H groups in total. The van der Waals surface area contributed by atoms with Gasteiger partial charge in [-0.3, -0.25) is 14.7 Å². The summed E-state index contributed by atoms with van der Waals surface area (Å²) in [6.45, 7) is 5.59. The summed E-state index contributed by atoms with van der Waals surface area (Å²) in [7, 11) is 0. The van der Waals surface area contributed by atoms with E-state index >= 15 is 0 Å². The number of rotatable bonds is 4. The predicted octanol–water partition coefficient (Wildman–Crippen LogP) is 3.45. The van der Waals surface area contributed by atoms with Gasteiger partial charge in [-0.05, 0) is 48.7 Å².